The van der Waals surface area contributed by atoms with Gasteiger partial charge in [0.1, 0.15) is 0 Å². The number of Topliss-reactive ketones (excluding diaryl/α,β-unsaturated/α-hetero) is 2. The van der Waals surface area contributed by atoms with Crippen LogP contribution < -0.4 is 0 Å². The predicted octanol–water partition coefficient (Wildman–Crippen LogP) is 7.72. The van der Waals surface area contributed by atoms with Gasteiger partial charge >= 0.3 is 5.97 Å². The Hall–Kier alpha value is -2.53. The molecule has 0 fully saturated rings. The molecule has 5 heteroatoms. The fourth-order valence-electron chi connectivity index (χ4n) is 5.20. The van der Waals surface area contributed by atoms with Crippen molar-refractivity contribution in [3.63, 3.8) is 0 Å². The number of unbranched alkanes of at least 4 members (excludes halogenated alkanes) is 2. The van der Waals surface area contributed by atoms with E-state index >= 15 is 0 Å². The molecule has 0 heterocycles. The maximum Gasteiger partial charge on any atom is 0.309 e. The zero-order chi connectivity index (χ0) is 29.6. The Morgan fingerprint density at radius 3 is 1.54 bits per heavy atom. The second-order valence-electron chi connectivity index (χ2n) is 14.1. The molecule has 0 bridgehead atoms. The van der Waals surface area contributed by atoms with E-state index in [0.717, 1.165) is 43.3 Å². The SMILES string of the molecule is CC1(C)C=C(/C=C/C2=CC(C)(C)C=C(CCCCC(C)(C)C(=O)O)C2=O)C(=O)C(CCCCC(C)(C)CO)=C1. The maximum atomic E-state index is 13.3. The summed E-state index contributed by atoms with van der Waals surface area (Å²) in [6.07, 6.45) is 17.7. The number of ketones is 2. The highest BCUT2D eigenvalue weighted by Gasteiger charge is 2.29. The molecule has 216 valence electrons. The Labute approximate surface area is 235 Å². The average Bonchev–Trinajstić information content (AvgIpc) is 2.82. The predicted molar refractivity (Wildman–Crippen MR) is 158 cm³/mol. The molecule has 0 aromatic heterocycles. The third-order valence-corrected chi connectivity index (χ3v) is 7.75. The molecular weight excluding hydrogens is 488 g/mol. The minimum atomic E-state index is -0.801. The van der Waals surface area contributed by atoms with Crippen LogP contribution in [0.3, 0.4) is 0 Å². The molecule has 5 nitrogen and oxygen atoms in total. The molecule has 2 rings (SSSR count). The number of carbonyl (C=O) groups is 3. The highest BCUT2D eigenvalue weighted by Crippen LogP contribution is 2.35. The van der Waals surface area contributed by atoms with Gasteiger partial charge < -0.3 is 10.2 Å². The van der Waals surface area contributed by atoms with Gasteiger partial charge in [-0.3, -0.25) is 14.4 Å². The van der Waals surface area contributed by atoms with Crippen LogP contribution in [0.2, 0.25) is 0 Å². The summed E-state index contributed by atoms with van der Waals surface area (Å²) in [4.78, 5) is 38.0. The van der Waals surface area contributed by atoms with E-state index in [0.29, 0.717) is 30.4 Å². The van der Waals surface area contributed by atoms with Gasteiger partial charge in [0.15, 0.2) is 11.6 Å². The van der Waals surface area contributed by atoms with Crippen LogP contribution >= 0.6 is 0 Å². The molecule has 2 aliphatic carbocycles. The minimum Gasteiger partial charge on any atom is -0.481 e. The summed E-state index contributed by atoms with van der Waals surface area (Å²) in [5, 5.41) is 18.8. The zero-order valence-corrected chi connectivity index (χ0v) is 25.4. The number of carboxylic acids is 1. The van der Waals surface area contributed by atoms with E-state index in [1.165, 1.54) is 0 Å². The smallest absolute Gasteiger partial charge is 0.309 e. The topological polar surface area (TPSA) is 91.7 Å². The van der Waals surface area contributed by atoms with Crippen LogP contribution in [0.5, 0.6) is 0 Å². The van der Waals surface area contributed by atoms with Crippen LogP contribution in [0.1, 0.15) is 107 Å². The Bertz CT molecular complexity index is 1100. The third kappa shape index (κ3) is 9.86. The molecular formula is C34H50O5. The lowest BCUT2D eigenvalue weighted by atomic mass is 9.77. The van der Waals surface area contributed by atoms with Crippen LogP contribution in [-0.2, 0) is 14.4 Å². The van der Waals surface area contributed by atoms with Crippen molar-refractivity contribution >= 4 is 17.5 Å². The van der Waals surface area contributed by atoms with Gasteiger partial charge in [-0.1, -0.05) is 90.8 Å². The molecule has 0 atom stereocenters. The Morgan fingerprint density at radius 2 is 1.15 bits per heavy atom. The molecule has 2 aliphatic rings. The molecule has 2 N–H and O–H groups in total. The molecule has 0 aromatic carbocycles. The summed E-state index contributed by atoms with van der Waals surface area (Å²) >= 11 is 0. The number of aliphatic carboxylic acids is 1. The number of hydrogen-bond acceptors (Lipinski definition) is 4. The number of aliphatic hydroxyl groups excluding tert-OH is 1. The lowest BCUT2D eigenvalue weighted by Gasteiger charge is -2.26. The van der Waals surface area contributed by atoms with Crippen LogP contribution in [0.4, 0.5) is 0 Å². The average molecular weight is 539 g/mol. The number of carboxylic acid groups (broad SMARTS) is 1. The van der Waals surface area contributed by atoms with E-state index in [9.17, 15) is 24.6 Å². The monoisotopic (exact) mass is 538 g/mol. The Kier molecular flexibility index (Phi) is 10.7. The van der Waals surface area contributed by atoms with Gasteiger partial charge in [-0.15, -0.1) is 0 Å². The van der Waals surface area contributed by atoms with E-state index in [1.807, 2.05) is 18.2 Å². The second-order valence-corrected chi connectivity index (χ2v) is 14.1. The zero-order valence-electron chi connectivity index (χ0n) is 25.4. The van der Waals surface area contributed by atoms with E-state index in [-0.39, 0.29) is 34.4 Å². The maximum absolute atomic E-state index is 13.3. The number of carbonyl (C=O) groups excluding carboxylic acids is 2. The molecule has 0 aliphatic heterocycles. The largest absolute Gasteiger partial charge is 0.481 e. The highest BCUT2D eigenvalue weighted by molar-refractivity contribution is 6.13. The first-order valence-corrected chi connectivity index (χ1v) is 14.4. The summed E-state index contributed by atoms with van der Waals surface area (Å²) in [7, 11) is 0. The fourth-order valence-corrected chi connectivity index (χ4v) is 5.20. The van der Waals surface area contributed by atoms with E-state index in [2.05, 4.69) is 47.6 Å². The summed E-state index contributed by atoms with van der Waals surface area (Å²) in [5.74, 6) is -0.800. The van der Waals surface area contributed by atoms with Crippen LogP contribution in [0.15, 0.2) is 58.7 Å². The van der Waals surface area contributed by atoms with Crippen molar-refractivity contribution in [1.82, 2.24) is 0 Å². The van der Waals surface area contributed by atoms with Gasteiger partial charge in [0, 0.05) is 28.6 Å². The standard InChI is InChI=1S/C34H50O5/c1-31(2,23-35)17-11-9-13-24-19-32(3,4)21-26(28(24)36)15-16-27-22-33(5,6)20-25(29(27)37)14-10-12-18-34(7,8)30(38)39/h15-16,19-22,35H,9-14,17-18,23H2,1-8H3,(H,38,39)/b16-15+. The molecule has 0 radical (unpaired) electrons. The van der Waals surface area contributed by atoms with Crippen molar-refractivity contribution < 1.29 is 24.6 Å². The first kappa shape index (κ1) is 32.7. The lowest BCUT2D eigenvalue weighted by molar-refractivity contribution is -0.147. The van der Waals surface area contributed by atoms with Crippen LogP contribution in [-0.4, -0.2) is 34.4 Å². The van der Waals surface area contributed by atoms with Gasteiger partial charge in [-0.05, 0) is 68.9 Å². The fraction of sp³-hybridized carbons (Fsp3) is 0.618. The lowest BCUT2D eigenvalue weighted by Crippen LogP contribution is -2.23. The molecule has 0 amide bonds. The van der Waals surface area contributed by atoms with Gasteiger partial charge in [-0.2, -0.15) is 0 Å². The molecule has 0 unspecified atom stereocenters. The number of allylic oxidation sites excluding steroid dienone is 10. The van der Waals surface area contributed by atoms with Crippen molar-refractivity contribution in [3.05, 3.63) is 58.7 Å². The first-order chi connectivity index (χ1) is 17.9. The molecule has 0 aromatic rings. The van der Waals surface area contributed by atoms with E-state index in [1.54, 1.807) is 26.0 Å². The van der Waals surface area contributed by atoms with E-state index < -0.39 is 11.4 Å². The highest BCUT2D eigenvalue weighted by atomic mass is 16.4. The molecule has 39 heavy (non-hydrogen) atoms. The summed E-state index contributed by atoms with van der Waals surface area (Å²) in [5.41, 5.74) is 1.37. The summed E-state index contributed by atoms with van der Waals surface area (Å²) < 4.78 is 0. The first-order valence-electron chi connectivity index (χ1n) is 14.4. The molecule has 0 saturated carbocycles. The van der Waals surface area contributed by atoms with Crippen molar-refractivity contribution in [2.45, 2.75) is 107 Å². The Morgan fingerprint density at radius 1 is 0.744 bits per heavy atom. The second kappa shape index (κ2) is 12.8. The van der Waals surface area contributed by atoms with Crippen molar-refractivity contribution in [3.8, 4) is 0 Å². The Balaban J connectivity index is 2.08. The van der Waals surface area contributed by atoms with Gasteiger partial charge in [0.25, 0.3) is 0 Å². The number of hydrogen-bond donors (Lipinski definition) is 2. The quantitative estimate of drug-likeness (QED) is 0.221. The van der Waals surface area contributed by atoms with Crippen molar-refractivity contribution in [1.29, 1.82) is 0 Å². The van der Waals surface area contributed by atoms with Crippen molar-refractivity contribution in [2.75, 3.05) is 6.61 Å². The summed E-state index contributed by atoms with van der Waals surface area (Å²) in [6, 6.07) is 0. The minimum absolute atomic E-state index is 0.0200. The number of aliphatic hydroxyl groups is 1. The van der Waals surface area contributed by atoms with Crippen LogP contribution in [0, 0.1) is 21.7 Å². The van der Waals surface area contributed by atoms with Crippen molar-refractivity contribution in [2.24, 2.45) is 21.7 Å². The van der Waals surface area contributed by atoms with Crippen LogP contribution in [0.25, 0.3) is 0 Å². The molecule has 0 saturated heterocycles. The number of rotatable bonds is 14. The third-order valence-electron chi connectivity index (χ3n) is 7.75. The van der Waals surface area contributed by atoms with Gasteiger partial charge in [0.2, 0.25) is 0 Å². The summed E-state index contributed by atoms with van der Waals surface area (Å²) in [6.45, 7) is 16.0. The van der Waals surface area contributed by atoms with Gasteiger partial charge in [0.05, 0.1) is 5.41 Å². The van der Waals surface area contributed by atoms with E-state index in [4.69, 9.17) is 0 Å². The normalized spacial score (nSPS) is 19.5. The van der Waals surface area contributed by atoms with Gasteiger partial charge in [-0.25, -0.2) is 0 Å². The molecule has 0 spiro atoms.